The van der Waals surface area contributed by atoms with Crippen LogP contribution in [0.3, 0.4) is 0 Å². The van der Waals surface area contributed by atoms with Crippen LogP contribution in [0, 0.1) is 68.2 Å². The van der Waals surface area contributed by atoms with Gasteiger partial charge in [-0.15, -0.1) is 82.2 Å². The number of nitrogens with zero attached hydrogens (tertiary/aromatic N) is 18. The van der Waals surface area contributed by atoms with E-state index in [4.69, 9.17) is 25.5 Å². The van der Waals surface area contributed by atoms with Crippen LogP contribution in [0.5, 0.6) is 0 Å². The second-order valence-corrected chi connectivity index (χ2v) is 44.2. The Labute approximate surface area is 833 Å². The minimum absolute atomic E-state index is 0.143. The van der Waals surface area contributed by atoms with E-state index in [1.807, 2.05) is 126 Å². The van der Waals surface area contributed by atoms with Crippen LogP contribution in [0.25, 0.3) is 132 Å². The lowest BCUT2D eigenvalue weighted by Gasteiger charge is -2.34. The first-order valence-electron chi connectivity index (χ1n) is 48.9. The first-order chi connectivity index (χ1) is 67.9. The Morgan fingerprint density at radius 1 is 0.307 bits per heavy atom. The third-order valence-corrected chi connectivity index (χ3v) is 34.7. The Balaban J connectivity index is 0.000000104. The molecule has 5 aromatic carbocycles. The molecule has 4 aliphatic rings. The second-order valence-electron chi connectivity index (χ2n) is 38.8. The van der Waals surface area contributed by atoms with Gasteiger partial charge in [0.25, 0.3) is 0 Å². The Bertz CT molecular complexity index is 7760. The Kier molecular flexibility index (Phi) is 26.6. The van der Waals surface area contributed by atoms with Gasteiger partial charge < -0.3 is 41.1 Å². The molecule has 140 heavy (non-hydrogen) atoms. The SMILES string of the molecule is Cc1cc2cc(-c3cnc4ccc(N(C)C5CCC(C)CC5)nn34)sc2cc1C.Cc1cc2cc(-c3cnc4ccc(N(C)C5CCC(O)CC5)nn34)sc2cc1C.Cc1cc2cc(-c3cnc4ccc(NC5CCC(O)CC5)nn34)sc2cc1C.Cc1ccc(Nc2ccc3ncc(-c4cc5cnccc5s4)n3n2)cc1C.Cc1cccc2cc(-c3cnc4ccc(NC5CCC(O)CC5)nn34)sc12. The number of aryl methyl sites for hydroxylation is 9. The minimum atomic E-state index is -0.144. The molecule has 25 rings (SSSR count). The van der Waals surface area contributed by atoms with E-state index in [1.165, 1.54) is 140 Å². The summed E-state index contributed by atoms with van der Waals surface area (Å²) in [7, 11) is 4.30. The summed E-state index contributed by atoms with van der Waals surface area (Å²) in [6, 6.07) is 61.5. The van der Waals surface area contributed by atoms with Gasteiger partial charge >= 0.3 is 0 Å². The van der Waals surface area contributed by atoms with Crippen molar-refractivity contribution in [2.24, 2.45) is 5.92 Å². The van der Waals surface area contributed by atoms with Gasteiger partial charge in [0.15, 0.2) is 34.1 Å². The number of rotatable bonds is 15. The van der Waals surface area contributed by atoms with Crippen LogP contribution < -0.4 is 25.8 Å². The van der Waals surface area contributed by atoms with Gasteiger partial charge in [0.05, 0.1) is 73.7 Å². The van der Waals surface area contributed by atoms with E-state index in [-0.39, 0.29) is 18.3 Å². The summed E-state index contributed by atoms with van der Waals surface area (Å²) in [4.78, 5) is 37.5. The quantitative estimate of drug-likeness (QED) is 0.0557. The second kappa shape index (κ2) is 40.0. The summed E-state index contributed by atoms with van der Waals surface area (Å²) in [5.41, 5.74) is 22.2. The van der Waals surface area contributed by atoms with Crippen LogP contribution in [-0.2, 0) is 0 Å². The zero-order valence-electron chi connectivity index (χ0n) is 81.1. The molecule has 4 aliphatic carbocycles. The van der Waals surface area contributed by atoms with Crippen molar-refractivity contribution in [2.75, 3.05) is 39.8 Å². The molecule has 0 radical (unpaired) electrons. The summed E-state index contributed by atoms with van der Waals surface area (Å²) >= 11 is 8.91. The number of fused-ring (bicyclic) bond motifs is 10. The van der Waals surface area contributed by atoms with E-state index in [0.29, 0.717) is 24.2 Å². The molecule has 24 nitrogen and oxygen atoms in total. The van der Waals surface area contributed by atoms with Gasteiger partial charge in [0, 0.05) is 85.2 Å². The Morgan fingerprint density at radius 3 is 1.09 bits per heavy atom. The summed E-state index contributed by atoms with van der Waals surface area (Å²) < 4.78 is 16.2. The number of benzene rings is 5. The molecule has 16 heterocycles. The van der Waals surface area contributed by atoms with Gasteiger partial charge in [-0.1, -0.05) is 49.4 Å². The summed E-state index contributed by atoms with van der Waals surface area (Å²) in [6.07, 6.45) is 29.1. The summed E-state index contributed by atoms with van der Waals surface area (Å²) in [5, 5.41) is 70.2. The van der Waals surface area contributed by atoms with Crippen LogP contribution in [0.2, 0.25) is 0 Å². The predicted molar refractivity (Wildman–Crippen MR) is 579 cm³/mol. The van der Waals surface area contributed by atoms with E-state index >= 15 is 0 Å². The number of pyridine rings is 1. The number of hydrogen-bond acceptors (Lipinski definition) is 24. The number of thiophene rings is 5. The van der Waals surface area contributed by atoms with Crippen molar-refractivity contribution >= 4 is 170 Å². The van der Waals surface area contributed by atoms with Gasteiger partial charge in [-0.3, -0.25) is 4.98 Å². The molecule has 0 unspecified atom stereocenters. The molecule has 0 aliphatic heterocycles. The van der Waals surface area contributed by atoms with Crippen molar-refractivity contribution in [3.63, 3.8) is 0 Å². The van der Waals surface area contributed by atoms with Gasteiger partial charge in [-0.2, -0.15) is 0 Å². The smallest absolute Gasteiger partial charge is 0.154 e. The van der Waals surface area contributed by atoms with E-state index in [1.54, 1.807) is 45.3 Å². The van der Waals surface area contributed by atoms with Crippen molar-refractivity contribution in [1.29, 1.82) is 0 Å². The van der Waals surface area contributed by atoms with Crippen LogP contribution in [0.4, 0.5) is 34.8 Å². The largest absolute Gasteiger partial charge is 0.393 e. The molecule has 0 amide bonds. The fourth-order valence-electron chi connectivity index (χ4n) is 19.7. The number of anilines is 6. The molecule has 6 N–H and O–H groups in total. The van der Waals surface area contributed by atoms with Gasteiger partial charge in [0.2, 0.25) is 0 Å². The monoisotopic (exact) mass is 1950 g/mol. The van der Waals surface area contributed by atoms with Crippen molar-refractivity contribution in [1.82, 2.24) is 78.0 Å². The van der Waals surface area contributed by atoms with Crippen molar-refractivity contribution in [3.05, 3.63) is 263 Å². The molecule has 29 heteroatoms. The third kappa shape index (κ3) is 19.9. The third-order valence-electron chi connectivity index (χ3n) is 28.8. The standard InChI is InChI=1S/C24H28N4S.C23H26N4OS.C22H24N4OS.C21H17N5S.C21H22N4OS/c1-15-5-7-19(8-6-15)27(4)24-10-9-23-25-14-20(28(23)26-24)22-13-18-11-16(2)17(3)12-21(18)29-22;1-14-10-16-12-21(29-20(16)11-15(14)2)19-13-24-22-8-9-23(25-27(19)22)26(3)17-4-6-18(28)7-5-17;1-13-9-15-11-20(28-19(15)10-14(13)2)18-12-23-22-8-7-21(25-26(18)22)24-16-3-5-17(27)6-4-16;1-13-3-4-16(9-14(13)2)24-20-5-6-21-23-12-17(26(21)25-20)19-10-15-11-22-8-7-18(15)27-19;1-13-3-2-4-14-11-18(27-21(13)14)17-12-22-20-10-9-19(24-25(17)20)23-15-5-7-16(26)8-6-15/h9-15,19H,5-8H2,1-4H3;8-13,17-18,28H,4-7H2,1-3H3;7-12,16-17,27H,3-6H2,1-2H3,(H,24,25);3-12H,1-2H3,(H,24,25);2-4,9-12,15-16,26H,5-8H2,1H3,(H,23,24). The van der Waals surface area contributed by atoms with E-state index in [0.717, 1.165) is 185 Å². The fourth-order valence-corrected chi connectivity index (χ4v) is 25.3. The summed E-state index contributed by atoms with van der Waals surface area (Å²) in [6.45, 7) is 21.7. The number of aliphatic hydroxyl groups is 3. The fraction of sp³-hybridized carbons (Fsp3) is 0.324. The number of aliphatic hydroxyl groups excluding tert-OH is 3. The lowest BCUT2D eigenvalue weighted by atomic mass is 9.87. The molecule has 0 bridgehead atoms. The molecule has 21 aromatic rings. The topological polar surface area (TPSA) is 267 Å². The van der Waals surface area contributed by atoms with Crippen molar-refractivity contribution in [2.45, 2.75) is 214 Å². The lowest BCUT2D eigenvalue weighted by molar-refractivity contribution is 0.122. The molecule has 16 aromatic heterocycles. The highest BCUT2D eigenvalue weighted by molar-refractivity contribution is 7.23. The Hall–Kier alpha value is -13.0. The molecule has 0 spiro atoms. The van der Waals surface area contributed by atoms with Crippen LogP contribution in [0.15, 0.2) is 213 Å². The highest BCUT2D eigenvalue weighted by Crippen LogP contribution is 2.43. The highest BCUT2D eigenvalue weighted by Gasteiger charge is 2.29. The molecule has 4 fully saturated rings. The lowest BCUT2D eigenvalue weighted by Crippen LogP contribution is -2.37. The molecular weight excluding hydrogens is 1840 g/mol. The highest BCUT2D eigenvalue weighted by atomic mass is 32.1. The zero-order chi connectivity index (χ0) is 96.3. The zero-order valence-corrected chi connectivity index (χ0v) is 85.2. The van der Waals surface area contributed by atoms with E-state index < -0.39 is 0 Å². The molecule has 0 saturated heterocycles. The average Bonchev–Trinajstić information content (AvgIpc) is 1.64. The minimum Gasteiger partial charge on any atom is -0.393 e. The molecular formula is C111H117N21O3S5. The number of nitrogens with one attached hydrogen (secondary N) is 3. The van der Waals surface area contributed by atoms with Gasteiger partial charge in [0.1, 0.15) is 51.7 Å². The average molecular weight is 1950 g/mol. The van der Waals surface area contributed by atoms with E-state index in [9.17, 15) is 15.3 Å². The first kappa shape index (κ1) is 93.3. The van der Waals surface area contributed by atoms with Crippen molar-refractivity contribution in [3.8, 4) is 52.9 Å². The number of imidazole rings is 5. The van der Waals surface area contributed by atoms with Crippen LogP contribution in [-0.4, -0.2) is 150 Å². The maximum Gasteiger partial charge on any atom is 0.154 e. The number of hydrogen-bond donors (Lipinski definition) is 6. The van der Waals surface area contributed by atoms with Crippen LogP contribution >= 0.6 is 56.7 Å². The van der Waals surface area contributed by atoms with Crippen LogP contribution in [0.1, 0.15) is 160 Å². The Morgan fingerprint density at radius 2 is 0.664 bits per heavy atom. The maximum atomic E-state index is 9.80. The molecule has 0 atom stereocenters. The maximum absolute atomic E-state index is 9.80. The molecule has 714 valence electrons. The van der Waals surface area contributed by atoms with Crippen molar-refractivity contribution < 1.29 is 15.3 Å². The number of aromatic nitrogens is 16. The van der Waals surface area contributed by atoms with E-state index in [2.05, 4.69) is 260 Å². The summed E-state index contributed by atoms with van der Waals surface area (Å²) in [5.74, 6) is 5.35. The normalized spacial score (nSPS) is 18.4. The first-order valence-corrected chi connectivity index (χ1v) is 53.0. The molecule has 4 saturated carbocycles. The van der Waals surface area contributed by atoms with Gasteiger partial charge in [-0.05, 0) is 370 Å². The predicted octanol–water partition coefficient (Wildman–Crippen LogP) is 26.2. The van der Waals surface area contributed by atoms with Gasteiger partial charge in [-0.25, -0.2) is 47.5 Å².